The molecule has 0 aliphatic heterocycles. The van der Waals surface area contributed by atoms with E-state index in [0.29, 0.717) is 16.9 Å². The molecule has 0 atom stereocenters. The second-order valence-electron chi connectivity index (χ2n) is 6.09. The first kappa shape index (κ1) is 18.3. The predicted molar refractivity (Wildman–Crippen MR) is 105 cm³/mol. The SMILES string of the molecule is COc1ccc(/C=N\NC(=O)c2cc(C)n(-c3ccccc3)c2C)cc1O. The molecule has 2 N–H and O–H groups in total. The average Bonchev–Trinajstić information content (AvgIpc) is 2.97. The van der Waals surface area contributed by atoms with E-state index < -0.39 is 0 Å². The zero-order valence-electron chi connectivity index (χ0n) is 15.4. The van der Waals surface area contributed by atoms with Gasteiger partial charge < -0.3 is 14.4 Å². The third-order valence-corrected chi connectivity index (χ3v) is 4.27. The van der Waals surface area contributed by atoms with E-state index in [2.05, 4.69) is 10.5 Å². The Labute approximate surface area is 157 Å². The molecule has 27 heavy (non-hydrogen) atoms. The van der Waals surface area contributed by atoms with Crippen molar-refractivity contribution >= 4 is 12.1 Å². The van der Waals surface area contributed by atoms with Crippen LogP contribution in [0.15, 0.2) is 59.7 Å². The maximum absolute atomic E-state index is 12.5. The highest BCUT2D eigenvalue weighted by atomic mass is 16.5. The van der Waals surface area contributed by atoms with Crippen molar-refractivity contribution in [3.63, 3.8) is 0 Å². The van der Waals surface area contributed by atoms with Gasteiger partial charge in [-0.25, -0.2) is 5.43 Å². The third kappa shape index (κ3) is 3.84. The van der Waals surface area contributed by atoms with E-state index in [9.17, 15) is 9.90 Å². The van der Waals surface area contributed by atoms with Crippen LogP contribution in [0.2, 0.25) is 0 Å². The molecule has 3 aromatic rings. The van der Waals surface area contributed by atoms with Crippen molar-refractivity contribution in [1.29, 1.82) is 0 Å². The average molecular weight is 363 g/mol. The summed E-state index contributed by atoms with van der Waals surface area (Å²) in [4.78, 5) is 12.5. The Morgan fingerprint density at radius 1 is 1.15 bits per heavy atom. The number of para-hydroxylation sites is 1. The molecule has 0 bridgehead atoms. The van der Waals surface area contributed by atoms with Crippen LogP contribution in [0.3, 0.4) is 0 Å². The van der Waals surface area contributed by atoms with E-state index in [1.165, 1.54) is 19.4 Å². The molecule has 0 saturated carbocycles. The topological polar surface area (TPSA) is 75.8 Å². The normalized spacial score (nSPS) is 10.9. The summed E-state index contributed by atoms with van der Waals surface area (Å²) in [5.41, 5.74) is 6.55. The molecule has 6 heteroatoms. The van der Waals surface area contributed by atoms with Crippen molar-refractivity contribution in [2.45, 2.75) is 13.8 Å². The Balaban J connectivity index is 1.76. The molecule has 6 nitrogen and oxygen atoms in total. The number of amides is 1. The van der Waals surface area contributed by atoms with Gasteiger partial charge in [-0.2, -0.15) is 5.10 Å². The Hall–Kier alpha value is -3.54. The Morgan fingerprint density at radius 3 is 2.56 bits per heavy atom. The number of phenols is 1. The van der Waals surface area contributed by atoms with Gasteiger partial charge in [0.05, 0.1) is 18.9 Å². The summed E-state index contributed by atoms with van der Waals surface area (Å²) < 4.78 is 7.03. The van der Waals surface area contributed by atoms with Gasteiger partial charge in [0, 0.05) is 17.1 Å². The van der Waals surface area contributed by atoms with Crippen LogP contribution in [0.1, 0.15) is 27.3 Å². The first-order valence-electron chi connectivity index (χ1n) is 8.46. The summed E-state index contributed by atoms with van der Waals surface area (Å²) in [6, 6.07) is 16.6. The van der Waals surface area contributed by atoms with Crippen molar-refractivity contribution in [2.75, 3.05) is 7.11 Å². The number of carbonyl (C=O) groups excluding carboxylic acids is 1. The van der Waals surface area contributed by atoms with Gasteiger partial charge in [0.25, 0.3) is 5.91 Å². The van der Waals surface area contributed by atoms with Gasteiger partial charge in [0.15, 0.2) is 11.5 Å². The fourth-order valence-electron chi connectivity index (χ4n) is 2.98. The van der Waals surface area contributed by atoms with Gasteiger partial charge >= 0.3 is 0 Å². The summed E-state index contributed by atoms with van der Waals surface area (Å²) >= 11 is 0. The van der Waals surface area contributed by atoms with Gasteiger partial charge in [0.2, 0.25) is 0 Å². The zero-order valence-corrected chi connectivity index (χ0v) is 15.4. The molecule has 1 aromatic heterocycles. The zero-order chi connectivity index (χ0) is 19.4. The molecule has 0 unspecified atom stereocenters. The maximum Gasteiger partial charge on any atom is 0.273 e. The number of nitrogens with one attached hydrogen (secondary N) is 1. The van der Waals surface area contributed by atoms with Crippen LogP contribution < -0.4 is 10.2 Å². The standard InChI is InChI=1S/C21H21N3O3/c1-14-11-18(15(2)24(14)17-7-5-4-6-8-17)21(26)23-22-13-16-9-10-20(27-3)19(25)12-16/h4-13,25H,1-3H3,(H,23,26)/b22-13-. The molecule has 0 saturated heterocycles. The number of ether oxygens (including phenoxy) is 1. The summed E-state index contributed by atoms with van der Waals surface area (Å²) in [6.45, 7) is 3.86. The van der Waals surface area contributed by atoms with E-state index in [-0.39, 0.29) is 11.7 Å². The van der Waals surface area contributed by atoms with Crippen LogP contribution in [0.25, 0.3) is 5.69 Å². The lowest BCUT2D eigenvalue weighted by Gasteiger charge is -2.09. The third-order valence-electron chi connectivity index (χ3n) is 4.27. The Morgan fingerprint density at radius 2 is 1.89 bits per heavy atom. The number of aryl methyl sites for hydroxylation is 1. The number of hydrazone groups is 1. The number of methoxy groups -OCH3 is 1. The van der Waals surface area contributed by atoms with Crippen LogP contribution in [0, 0.1) is 13.8 Å². The van der Waals surface area contributed by atoms with Gasteiger partial charge in [-0.3, -0.25) is 4.79 Å². The number of aromatic hydroxyl groups is 1. The fraction of sp³-hybridized carbons (Fsp3) is 0.143. The number of carbonyl (C=O) groups is 1. The highest BCUT2D eigenvalue weighted by molar-refractivity contribution is 5.96. The number of benzene rings is 2. The van der Waals surface area contributed by atoms with Crippen molar-refractivity contribution in [1.82, 2.24) is 9.99 Å². The second kappa shape index (κ2) is 7.78. The summed E-state index contributed by atoms with van der Waals surface area (Å²) in [6.07, 6.45) is 1.47. The highest BCUT2D eigenvalue weighted by Crippen LogP contribution is 2.25. The van der Waals surface area contributed by atoms with Crippen LogP contribution in [0.5, 0.6) is 11.5 Å². The van der Waals surface area contributed by atoms with E-state index in [1.807, 2.05) is 54.8 Å². The molecule has 1 amide bonds. The number of nitrogens with zero attached hydrogens (tertiary/aromatic N) is 2. The predicted octanol–water partition coefficient (Wildman–Crippen LogP) is 3.57. The minimum absolute atomic E-state index is 0.0131. The van der Waals surface area contributed by atoms with Crippen molar-refractivity contribution in [3.8, 4) is 17.2 Å². The van der Waals surface area contributed by atoms with E-state index >= 15 is 0 Å². The Kier molecular flexibility index (Phi) is 5.26. The molecule has 0 fully saturated rings. The van der Waals surface area contributed by atoms with Crippen LogP contribution in [0.4, 0.5) is 0 Å². The molecule has 0 aliphatic carbocycles. The smallest absolute Gasteiger partial charge is 0.273 e. The number of rotatable bonds is 5. The molecule has 0 aliphatic rings. The highest BCUT2D eigenvalue weighted by Gasteiger charge is 2.16. The molecule has 0 spiro atoms. The first-order chi connectivity index (χ1) is 13.0. The summed E-state index contributed by atoms with van der Waals surface area (Å²) in [7, 11) is 1.48. The lowest BCUT2D eigenvalue weighted by Crippen LogP contribution is -2.18. The molecule has 0 radical (unpaired) electrons. The van der Waals surface area contributed by atoms with Crippen molar-refractivity contribution < 1.29 is 14.6 Å². The van der Waals surface area contributed by atoms with Crippen molar-refractivity contribution in [2.24, 2.45) is 5.10 Å². The maximum atomic E-state index is 12.5. The summed E-state index contributed by atoms with van der Waals surface area (Å²) in [5.74, 6) is 0.1000. The van der Waals surface area contributed by atoms with Gasteiger partial charge in [0.1, 0.15) is 0 Å². The van der Waals surface area contributed by atoms with Crippen molar-refractivity contribution in [3.05, 3.63) is 77.1 Å². The minimum Gasteiger partial charge on any atom is -0.504 e. The Bertz CT molecular complexity index is 991. The first-order valence-corrected chi connectivity index (χ1v) is 8.46. The van der Waals surface area contributed by atoms with Crippen LogP contribution in [-0.4, -0.2) is 28.9 Å². The van der Waals surface area contributed by atoms with E-state index in [0.717, 1.165) is 17.1 Å². The molecule has 138 valence electrons. The lowest BCUT2D eigenvalue weighted by atomic mass is 10.2. The molecule has 3 rings (SSSR count). The largest absolute Gasteiger partial charge is 0.504 e. The number of hydrogen-bond acceptors (Lipinski definition) is 4. The quantitative estimate of drug-likeness (QED) is 0.537. The lowest BCUT2D eigenvalue weighted by molar-refractivity contribution is 0.0954. The second-order valence-corrected chi connectivity index (χ2v) is 6.09. The molecule has 2 aromatic carbocycles. The number of aromatic nitrogens is 1. The van der Waals surface area contributed by atoms with Crippen LogP contribution >= 0.6 is 0 Å². The molecular formula is C21H21N3O3. The van der Waals surface area contributed by atoms with Gasteiger partial charge in [-0.05, 0) is 55.8 Å². The fourth-order valence-corrected chi connectivity index (χ4v) is 2.98. The van der Waals surface area contributed by atoms with Crippen LogP contribution in [-0.2, 0) is 0 Å². The number of hydrogen-bond donors (Lipinski definition) is 2. The van der Waals surface area contributed by atoms with Gasteiger partial charge in [-0.15, -0.1) is 0 Å². The molecular weight excluding hydrogens is 342 g/mol. The monoisotopic (exact) mass is 363 g/mol. The number of phenolic OH excluding ortho intramolecular Hbond substituents is 1. The van der Waals surface area contributed by atoms with E-state index in [4.69, 9.17) is 4.74 Å². The minimum atomic E-state index is -0.292. The van der Waals surface area contributed by atoms with Gasteiger partial charge in [-0.1, -0.05) is 18.2 Å². The van der Waals surface area contributed by atoms with E-state index in [1.54, 1.807) is 12.1 Å². The molecule has 1 heterocycles. The summed E-state index contributed by atoms with van der Waals surface area (Å²) in [5, 5.41) is 13.8.